The molecule has 0 spiro atoms. The zero-order valence-electron chi connectivity index (χ0n) is 7.71. The average Bonchev–Trinajstić information content (AvgIpc) is 2.65. The Hall–Kier alpha value is 0.240. The third kappa shape index (κ3) is 2.43. The van der Waals surface area contributed by atoms with E-state index < -0.39 is 0 Å². The van der Waals surface area contributed by atoms with Gasteiger partial charge in [0.1, 0.15) is 0 Å². The molecule has 1 atom stereocenters. The molecule has 4 heteroatoms. The summed E-state index contributed by atoms with van der Waals surface area (Å²) in [7, 11) is 0. The van der Waals surface area contributed by atoms with E-state index in [0.29, 0.717) is 5.92 Å². The third-order valence-electron chi connectivity index (χ3n) is 2.55. The van der Waals surface area contributed by atoms with Crippen LogP contribution < -0.4 is 0 Å². The van der Waals surface area contributed by atoms with E-state index >= 15 is 0 Å². The molecule has 1 unspecified atom stereocenters. The maximum absolute atomic E-state index is 6.39. The van der Waals surface area contributed by atoms with E-state index in [0.717, 1.165) is 30.4 Å². The van der Waals surface area contributed by atoms with Crippen LogP contribution in [0.15, 0.2) is 12.1 Å². The van der Waals surface area contributed by atoms with E-state index in [9.17, 15) is 0 Å². The normalized spacial score (nSPS) is 21.0. The smallest absolute Gasteiger partial charge is 0.0931 e. The summed E-state index contributed by atoms with van der Waals surface area (Å²) in [4.78, 5) is 1.18. The number of alkyl halides is 1. The van der Waals surface area contributed by atoms with Crippen molar-refractivity contribution in [3.05, 3.63) is 21.3 Å². The van der Waals surface area contributed by atoms with Crippen molar-refractivity contribution in [2.75, 3.05) is 13.2 Å². The predicted octanol–water partition coefficient (Wildman–Crippen LogP) is 4.11. The minimum absolute atomic E-state index is 0.108. The summed E-state index contributed by atoms with van der Waals surface area (Å²) >= 11 is 13.9. The summed E-state index contributed by atoms with van der Waals surface area (Å²) in [5.74, 6) is 0.542. The lowest BCUT2D eigenvalue weighted by atomic mass is 9.95. The Balaban J connectivity index is 2.03. The van der Waals surface area contributed by atoms with Gasteiger partial charge in [-0.3, -0.25) is 0 Å². The van der Waals surface area contributed by atoms with E-state index in [1.807, 2.05) is 12.1 Å². The molecule has 2 heterocycles. The first-order valence-corrected chi connectivity index (χ1v) is 6.37. The van der Waals surface area contributed by atoms with Crippen LogP contribution in [0, 0.1) is 5.92 Å². The Morgan fingerprint density at radius 1 is 1.36 bits per heavy atom. The van der Waals surface area contributed by atoms with Gasteiger partial charge in [0.25, 0.3) is 0 Å². The number of ether oxygens (including phenoxy) is 1. The van der Waals surface area contributed by atoms with Crippen molar-refractivity contribution in [1.82, 2.24) is 0 Å². The molecule has 1 fully saturated rings. The Labute approximate surface area is 98.0 Å². The highest BCUT2D eigenvalue weighted by molar-refractivity contribution is 7.16. The largest absolute Gasteiger partial charge is 0.381 e. The second-order valence-corrected chi connectivity index (χ2v) is 5.71. The zero-order chi connectivity index (χ0) is 9.97. The molecule has 0 radical (unpaired) electrons. The molecule has 0 bridgehead atoms. The first kappa shape index (κ1) is 10.7. The summed E-state index contributed by atoms with van der Waals surface area (Å²) < 4.78 is 6.13. The van der Waals surface area contributed by atoms with Gasteiger partial charge in [-0.1, -0.05) is 11.6 Å². The van der Waals surface area contributed by atoms with Crippen molar-refractivity contribution in [1.29, 1.82) is 0 Å². The van der Waals surface area contributed by atoms with Crippen LogP contribution in [0.1, 0.15) is 23.1 Å². The highest BCUT2D eigenvalue weighted by Gasteiger charge is 2.24. The van der Waals surface area contributed by atoms with Gasteiger partial charge in [-0.05, 0) is 30.9 Å². The van der Waals surface area contributed by atoms with Gasteiger partial charge in [-0.15, -0.1) is 22.9 Å². The molecule has 0 aromatic carbocycles. The molecule has 0 saturated carbocycles. The van der Waals surface area contributed by atoms with Gasteiger partial charge in [0.15, 0.2) is 0 Å². The van der Waals surface area contributed by atoms with Crippen molar-refractivity contribution in [2.24, 2.45) is 5.92 Å². The van der Waals surface area contributed by atoms with Crippen LogP contribution in [-0.4, -0.2) is 13.2 Å². The average molecular weight is 251 g/mol. The molecule has 1 saturated heterocycles. The van der Waals surface area contributed by atoms with Gasteiger partial charge >= 0.3 is 0 Å². The maximum atomic E-state index is 6.39. The Morgan fingerprint density at radius 3 is 2.64 bits per heavy atom. The highest BCUT2D eigenvalue weighted by atomic mass is 35.5. The molecule has 1 aromatic heterocycles. The molecule has 1 nitrogen and oxygen atoms in total. The number of rotatable bonds is 2. The van der Waals surface area contributed by atoms with E-state index in [-0.39, 0.29) is 5.38 Å². The Bertz CT molecular complexity index is 294. The number of thiophene rings is 1. The predicted molar refractivity (Wildman–Crippen MR) is 61.5 cm³/mol. The summed E-state index contributed by atoms with van der Waals surface area (Å²) in [6, 6.07) is 3.94. The second kappa shape index (κ2) is 4.84. The first-order chi connectivity index (χ1) is 6.77. The molecule has 1 aromatic rings. The lowest BCUT2D eigenvalue weighted by Gasteiger charge is -2.25. The minimum atomic E-state index is 0.108. The molecule has 78 valence electrons. The summed E-state index contributed by atoms with van der Waals surface area (Å²) in [6.45, 7) is 1.68. The van der Waals surface area contributed by atoms with E-state index in [1.54, 1.807) is 11.3 Å². The lowest BCUT2D eigenvalue weighted by Crippen LogP contribution is -2.18. The molecule has 0 aliphatic carbocycles. The Kier molecular flexibility index (Phi) is 3.72. The quantitative estimate of drug-likeness (QED) is 0.719. The number of hydrogen-bond acceptors (Lipinski definition) is 2. The topological polar surface area (TPSA) is 9.23 Å². The summed E-state index contributed by atoms with van der Waals surface area (Å²) in [5, 5.41) is 0.108. The highest BCUT2D eigenvalue weighted by Crippen LogP contribution is 2.39. The van der Waals surface area contributed by atoms with Crippen molar-refractivity contribution in [3.63, 3.8) is 0 Å². The molecular formula is C10H12Cl2OS. The fourth-order valence-corrected chi connectivity index (χ4v) is 3.31. The van der Waals surface area contributed by atoms with Crippen LogP contribution in [0.4, 0.5) is 0 Å². The van der Waals surface area contributed by atoms with Crippen LogP contribution in [-0.2, 0) is 4.74 Å². The van der Waals surface area contributed by atoms with Gasteiger partial charge in [-0.25, -0.2) is 0 Å². The van der Waals surface area contributed by atoms with Crippen LogP contribution in [0.5, 0.6) is 0 Å². The molecule has 1 aliphatic heterocycles. The molecular weight excluding hydrogens is 239 g/mol. The molecule has 2 rings (SSSR count). The lowest BCUT2D eigenvalue weighted by molar-refractivity contribution is 0.0653. The van der Waals surface area contributed by atoms with Crippen LogP contribution in [0.25, 0.3) is 0 Å². The summed E-state index contributed by atoms with van der Waals surface area (Å²) in [6.07, 6.45) is 2.12. The second-order valence-electron chi connectivity index (χ2n) is 3.49. The fraction of sp³-hybridized carbons (Fsp3) is 0.600. The Morgan fingerprint density at radius 2 is 2.07 bits per heavy atom. The van der Waals surface area contributed by atoms with Crippen LogP contribution >= 0.6 is 34.5 Å². The monoisotopic (exact) mass is 250 g/mol. The summed E-state index contributed by atoms with van der Waals surface area (Å²) in [5.41, 5.74) is 0. The number of halogens is 2. The van der Waals surface area contributed by atoms with Crippen LogP contribution in [0.2, 0.25) is 4.34 Å². The van der Waals surface area contributed by atoms with Crippen molar-refractivity contribution >= 4 is 34.5 Å². The van der Waals surface area contributed by atoms with Gasteiger partial charge in [-0.2, -0.15) is 0 Å². The van der Waals surface area contributed by atoms with E-state index in [1.165, 1.54) is 4.88 Å². The maximum Gasteiger partial charge on any atom is 0.0931 e. The molecule has 0 N–H and O–H groups in total. The van der Waals surface area contributed by atoms with E-state index in [4.69, 9.17) is 27.9 Å². The standard InChI is InChI=1S/C10H12Cl2OS/c11-9-2-1-8(14-9)10(12)7-3-5-13-6-4-7/h1-2,7,10H,3-6H2. The zero-order valence-corrected chi connectivity index (χ0v) is 10.0. The van der Waals surface area contributed by atoms with Crippen molar-refractivity contribution < 1.29 is 4.74 Å². The van der Waals surface area contributed by atoms with E-state index in [2.05, 4.69) is 0 Å². The molecule has 14 heavy (non-hydrogen) atoms. The van der Waals surface area contributed by atoms with Gasteiger partial charge in [0, 0.05) is 18.1 Å². The van der Waals surface area contributed by atoms with Gasteiger partial charge in [0.2, 0.25) is 0 Å². The molecule has 1 aliphatic rings. The SMILES string of the molecule is Clc1ccc(C(Cl)C2CCOCC2)s1. The fourth-order valence-electron chi connectivity index (χ4n) is 1.72. The van der Waals surface area contributed by atoms with Gasteiger partial charge < -0.3 is 4.74 Å². The van der Waals surface area contributed by atoms with Gasteiger partial charge in [0.05, 0.1) is 9.71 Å². The first-order valence-electron chi connectivity index (χ1n) is 4.74. The number of hydrogen-bond donors (Lipinski definition) is 0. The van der Waals surface area contributed by atoms with Crippen molar-refractivity contribution in [2.45, 2.75) is 18.2 Å². The third-order valence-corrected chi connectivity index (χ3v) is 4.58. The van der Waals surface area contributed by atoms with Crippen LogP contribution in [0.3, 0.4) is 0 Å². The van der Waals surface area contributed by atoms with Crippen molar-refractivity contribution in [3.8, 4) is 0 Å². The molecule has 0 amide bonds. The minimum Gasteiger partial charge on any atom is -0.381 e.